The van der Waals surface area contributed by atoms with E-state index in [9.17, 15) is 23.2 Å². The molecule has 206 valence electrons. The average Bonchev–Trinajstić information content (AvgIpc) is 2.93. The number of benzene rings is 2. The number of hydrogen-bond acceptors (Lipinski definition) is 6. The van der Waals surface area contributed by atoms with Crippen molar-refractivity contribution in [2.75, 3.05) is 48.7 Å². The molecule has 0 radical (unpaired) electrons. The summed E-state index contributed by atoms with van der Waals surface area (Å²) in [5.74, 6) is 0.876. The summed E-state index contributed by atoms with van der Waals surface area (Å²) < 4.78 is 38.9. The van der Waals surface area contributed by atoms with Gasteiger partial charge < -0.3 is 20.2 Å². The lowest BCUT2D eigenvalue weighted by atomic mass is 10.1. The molecule has 1 amide bonds. The summed E-state index contributed by atoms with van der Waals surface area (Å²) in [5, 5.41) is 22.9. The molecule has 0 unspecified atom stereocenters. The third-order valence-corrected chi connectivity index (χ3v) is 7.86. The molecule has 0 atom stereocenters. The summed E-state index contributed by atoms with van der Waals surface area (Å²) in [6.45, 7) is 2.73. The van der Waals surface area contributed by atoms with Crippen LogP contribution in [0.15, 0.2) is 53.6 Å². The highest BCUT2D eigenvalue weighted by atomic mass is 32.2. The first-order valence-electron chi connectivity index (χ1n) is 12.9. The first-order chi connectivity index (χ1) is 18.8. The van der Waals surface area contributed by atoms with Crippen molar-refractivity contribution in [3.8, 4) is 6.07 Å². The Hall–Kier alpha value is -3.65. The van der Waals surface area contributed by atoms with E-state index >= 15 is 0 Å². The summed E-state index contributed by atoms with van der Waals surface area (Å²) in [6, 6.07) is 13.5. The summed E-state index contributed by atoms with van der Waals surface area (Å²) in [7, 11) is 0. The van der Waals surface area contributed by atoms with E-state index < -0.39 is 17.8 Å². The molecule has 2 aromatic carbocycles. The van der Waals surface area contributed by atoms with Crippen LogP contribution in [-0.2, 0) is 6.18 Å². The molecule has 0 saturated carbocycles. The van der Waals surface area contributed by atoms with Crippen molar-refractivity contribution >= 4 is 40.1 Å². The second-order valence-corrected chi connectivity index (χ2v) is 10.5. The molecule has 3 aromatic rings. The van der Waals surface area contributed by atoms with E-state index in [1.807, 2.05) is 29.2 Å². The molecule has 2 N–H and O–H groups in total. The third-order valence-electron chi connectivity index (χ3n) is 6.70. The van der Waals surface area contributed by atoms with Gasteiger partial charge in [0.2, 0.25) is 0 Å². The van der Waals surface area contributed by atoms with E-state index in [4.69, 9.17) is 5.11 Å². The number of pyridine rings is 1. The Morgan fingerprint density at radius 1 is 1.05 bits per heavy atom. The number of hydrogen-bond donors (Lipinski definition) is 2. The van der Waals surface area contributed by atoms with Crippen LogP contribution in [0, 0.1) is 11.3 Å². The van der Waals surface area contributed by atoms with E-state index in [-0.39, 0.29) is 0 Å². The topological polar surface area (TPSA) is 92.5 Å². The van der Waals surface area contributed by atoms with Gasteiger partial charge in [0.15, 0.2) is 0 Å². The molecule has 1 aliphatic rings. The summed E-state index contributed by atoms with van der Waals surface area (Å²) in [6.07, 6.45) is 0.316. The number of carboxylic acid groups (broad SMARTS) is 1. The zero-order chi connectivity index (χ0) is 27.8. The van der Waals surface area contributed by atoms with Crippen LogP contribution >= 0.6 is 11.8 Å². The Morgan fingerprint density at radius 3 is 2.54 bits per heavy atom. The lowest BCUT2D eigenvalue weighted by molar-refractivity contribution is -0.137. The van der Waals surface area contributed by atoms with Gasteiger partial charge in [0.1, 0.15) is 6.07 Å². The Labute approximate surface area is 229 Å². The fraction of sp³-hybridized carbons (Fsp3) is 0.393. The quantitative estimate of drug-likeness (QED) is 0.212. The highest BCUT2D eigenvalue weighted by Gasteiger charge is 2.30. The lowest BCUT2D eigenvalue weighted by Crippen LogP contribution is -2.48. The van der Waals surface area contributed by atoms with Crippen molar-refractivity contribution < 1.29 is 23.1 Å². The van der Waals surface area contributed by atoms with Crippen LogP contribution in [0.5, 0.6) is 0 Å². The lowest BCUT2D eigenvalue weighted by Gasteiger charge is -2.35. The predicted molar refractivity (Wildman–Crippen MR) is 147 cm³/mol. The first kappa shape index (κ1) is 28.4. The normalized spacial score (nSPS) is 13.9. The molecule has 1 saturated heterocycles. The van der Waals surface area contributed by atoms with E-state index in [1.165, 1.54) is 11.0 Å². The number of unbranched alkanes of at least 4 members (excludes halogenated alkanes) is 3. The van der Waals surface area contributed by atoms with Crippen LogP contribution in [-0.4, -0.2) is 59.6 Å². The standard InChI is InChI=1S/C28H30F3N5O2S/c29-28(30,31)21-5-7-23-24(18-21)34-11-9-26(23)39-16-4-2-1-3-10-33-22-6-8-25(20(17-22)19-32)35-12-14-36(15-13-35)27(37)38/h5-9,11,17-18,33H,1-4,10,12-16H2,(H,37,38). The molecule has 39 heavy (non-hydrogen) atoms. The number of rotatable bonds is 10. The van der Waals surface area contributed by atoms with Crippen molar-refractivity contribution in [3.05, 3.63) is 59.8 Å². The number of nitriles is 1. The largest absolute Gasteiger partial charge is 0.465 e. The number of nitrogens with zero attached hydrogens (tertiary/aromatic N) is 4. The van der Waals surface area contributed by atoms with E-state index in [1.54, 1.807) is 18.0 Å². The number of anilines is 2. The van der Waals surface area contributed by atoms with Gasteiger partial charge in [-0.1, -0.05) is 18.9 Å². The fourth-order valence-corrected chi connectivity index (χ4v) is 5.62. The van der Waals surface area contributed by atoms with Crippen LogP contribution in [0.25, 0.3) is 10.9 Å². The minimum absolute atomic E-state index is 0.356. The average molecular weight is 558 g/mol. The van der Waals surface area contributed by atoms with E-state index in [0.29, 0.717) is 37.3 Å². The van der Waals surface area contributed by atoms with Crippen LogP contribution in [0.2, 0.25) is 0 Å². The number of halogens is 3. The van der Waals surface area contributed by atoms with Gasteiger partial charge in [-0.2, -0.15) is 18.4 Å². The molecule has 1 aliphatic heterocycles. The number of fused-ring (bicyclic) bond motifs is 1. The molecule has 2 heterocycles. The highest BCUT2D eigenvalue weighted by Crippen LogP contribution is 2.34. The molecule has 11 heteroatoms. The van der Waals surface area contributed by atoms with Crippen molar-refractivity contribution in [1.82, 2.24) is 9.88 Å². The zero-order valence-electron chi connectivity index (χ0n) is 21.4. The smallest absolute Gasteiger partial charge is 0.416 e. The Balaban J connectivity index is 1.17. The van der Waals surface area contributed by atoms with Gasteiger partial charge in [-0.15, -0.1) is 11.8 Å². The summed E-state index contributed by atoms with van der Waals surface area (Å²) in [5.41, 5.74) is 1.95. The number of thioether (sulfide) groups is 1. The fourth-order valence-electron chi connectivity index (χ4n) is 4.57. The summed E-state index contributed by atoms with van der Waals surface area (Å²) in [4.78, 5) is 19.6. The zero-order valence-corrected chi connectivity index (χ0v) is 22.2. The molecular formula is C28H30F3N5O2S. The summed E-state index contributed by atoms with van der Waals surface area (Å²) >= 11 is 1.64. The van der Waals surface area contributed by atoms with Gasteiger partial charge in [0.05, 0.1) is 22.3 Å². The van der Waals surface area contributed by atoms with Crippen molar-refractivity contribution in [3.63, 3.8) is 0 Å². The van der Waals surface area contributed by atoms with Gasteiger partial charge in [0.25, 0.3) is 0 Å². The minimum Gasteiger partial charge on any atom is -0.465 e. The van der Waals surface area contributed by atoms with Gasteiger partial charge in [0, 0.05) is 54.9 Å². The monoisotopic (exact) mass is 557 g/mol. The van der Waals surface area contributed by atoms with Crippen molar-refractivity contribution in [2.45, 2.75) is 36.8 Å². The Morgan fingerprint density at radius 2 is 1.82 bits per heavy atom. The van der Waals surface area contributed by atoms with Crippen LogP contribution in [0.1, 0.15) is 36.8 Å². The second-order valence-electron chi connectivity index (χ2n) is 9.33. The van der Waals surface area contributed by atoms with Crippen LogP contribution in [0.3, 0.4) is 0 Å². The van der Waals surface area contributed by atoms with Crippen LogP contribution < -0.4 is 10.2 Å². The third kappa shape index (κ3) is 7.47. The first-order valence-corrected chi connectivity index (χ1v) is 13.8. The SMILES string of the molecule is N#Cc1cc(NCCCCCCSc2ccnc3cc(C(F)(F)F)ccc23)ccc1N1CCN(C(=O)O)CC1. The Bertz CT molecular complexity index is 1340. The predicted octanol–water partition coefficient (Wildman–Crippen LogP) is 6.69. The number of nitrogens with one attached hydrogen (secondary N) is 1. The molecule has 4 rings (SSSR count). The van der Waals surface area contributed by atoms with Crippen LogP contribution in [0.4, 0.5) is 29.3 Å². The van der Waals surface area contributed by atoms with E-state index in [0.717, 1.165) is 71.8 Å². The van der Waals surface area contributed by atoms with Gasteiger partial charge in [-0.3, -0.25) is 4.98 Å². The number of piperazine rings is 1. The van der Waals surface area contributed by atoms with Crippen molar-refractivity contribution in [1.29, 1.82) is 5.26 Å². The van der Waals surface area contributed by atoms with Gasteiger partial charge >= 0.3 is 12.3 Å². The number of alkyl halides is 3. The second kappa shape index (κ2) is 12.9. The maximum Gasteiger partial charge on any atom is 0.416 e. The molecule has 0 aliphatic carbocycles. The molecule has 1 aromatic heterocycles. The highest BCUT2D eigenvalue weighted by molar-refractivity contribution is 7.99. The maximum absolute atomic E-state index is 13.0. The molecule has 1 fully saturated rings. The van der Waals surface area contributed by atoms with Gasteiger partial charge in [-0.05, 0) is 55.0 Å². The molecule has 0 spiro atoms. The molecule has 7 nitrogen and oxygen atoms in total. The van der Waals surface area contributed by atoms with E-state index in [2.05, 4.69) is 16.4 Å². The number of carbonyl (C=O) groups is 1. The molecule has 0 bridgehead atoms. The molecular weight excluding hydrogens is 527 g/mol. The van der Waals surface area contributed by atoms with Crippen molar-refractivity contribution in [2.24, 2.45) is 0 Å². The maximum atomic E-state index is 13.0. The minimum atomic E-state index is -4.38. The number of aromatic nitrogens is 1. The number of amides is 1. The van der Waals surface area contributed by atoms with Gasteiger partial charge in [-0.25, -0.2) is 4.79 Å². The Kier molecular flexibility index (Phi) is 9.41.